The Morgan fingerprint density at radius 2 is 2.31 bits per heavy atom. The quantitative estimate of drug-likeness (QED) is 0.672. The third-order valence-electron chi connectivity index (χ3n) is 1.70. The highest BCUT2D eigenvalue weighted by molar-refractivity contribution is 6.32. The van der Waals surface area contributed by atoms with Crippen LogP contribution in [0.2, 0.25) is 0 Å². The molecule has 74 valence electrons. The Kier molecular flexibility index (Phi) is 3.77. The second-order valence-electron chi connectivity index (χ2n) is 3.25. The van der Waals surface area contributed by atoms with Gasteiger partial charge >= 0.3 is 0 Å². The predicted octanol–water partition coefficient (Wildman–Crippen LogP) is 2.59. The second kappa shape index (κ2) is 4.45. The van der Waals surface area contributed by atoms with Gasteiger partial charge in [0.2, 0.25) is 0 Å². The molecule has 0 saturated heterocycles. The number of halogens is 2. The van der Waals surface area contributed by atoms with E-state index in [1.165, 1.54) is 0 Å². The minimum absolute atomic E-state index is 0.0926. The van der Waals surface area contributed by atoms with Gasteiger partial charge in [0, 0.05) is 12.1 Å². The van der Waals surface area contributed by atoms with E-state index in [2.05, 4.69) is 4.99 Å². The molecule has 2 atom stereocenters. The summed E-state index contributed by atoms with van der Waals surface area (Å²) in [5.41, 5.74) is 0. The van der Waals surface area contributed by atoms with Crippen molar-refractivity contribution in [2.45, 2.75) is 31.1 Å². The Hall–Kier alpha value is -0.0500. The molecule has 0 aromatic heterocycles. The molecule has 2 unspecified atom stereocenters. The van der Waals surface area contributed by atoms with Crippen molar-refractivity contribution in [2.24, 2.45) is 4.99 Å². The predicted molar refractivity (Wildman–Crippen MR) is 56.9 cm³/mol. The van der Waals surface area contributed by atoms with E-state index >= 15 is 0 Å². The van der Waals surface area contributed by atoms with Crippen molar-refractivity contribution in [2.75, 3.05) is 5.88 Å². The number of rotatable bonds is 3. The molecule has 0 spiro atoms. The highest BCUT2D eigenvalue weighted by Crippen LogP contribution is 2.29. The summed E-state index contributed by atoms with van der Waals surface area (Å²) in [6.45, 7) is 3.89. The number of nitrogens with zero attached hydrogens (tertiary/aromatic N) is 1. The SMILES string of the molecule is CC(C)OC1N=CC=CC1(Cl)CCl. The maximum Gasteiger partial charge on any atom is 0.172 e. The zero-order valence-corrected chi connectivity index (χ0v) is 9.22. The van der Waals surface area contributed by atoms with Crippen molar-refractivity contribution in [3.05, 3.63) is 12.2 Å². The normalized spacial score (nSPS) is 32.8. The van der Waals surface area contributed by atoms with Crippen LogP contribution in [0.1, 0.15) is 13.8 Å². The van der Waals surface area contributed by atoms with Gasteiger partial charge in [0.15, 0.2) is 6.23 Å². The maximum atomic E-state index is 6.21. The van der Waals surface area contributed by atoms with Crippen LogP contribution in [-0.4, -0.2) is 29.3 Å². The Morgan fingerprint density at radius 1 is 1.62 bits per heavy atom. The van der Waals surface area contributed by atoms with Crippen molar-refractivity contribution in [1.82, 2.24) is 0 Å². The minimum atomic E-state index is -0.694. The van der Waals surface area contributed by atoms with E-state index in [1.807, 2.05) is 19.9 Å². The van der Waals surface area contributed by atoms with Gasteiger partial charge in [0.25, 0.3) is 0 Å². The molecule has 1 aliphatic heterocycles. The van der Waals surface area contributed by atoms with Gasteiger partial charge in [-0.2, -0.15) is 0 Å². The van der Waals surface area contributed by atoms with Gasteiger partial charge in [-0.25, -0.2) is 0 Å². The van der Waals surface area contributed by atoms with E-state index in [-0.39, 0.29) is 12.3 Å². The molecule has 4 heteroatoms. The molecule has 0 amide bonds. The number of hydrogen-bond donors (Lipinski definition) is 0. The highest BCUT2D eigenvalue weighted by Gasteiger charge is 2.36. The van der Waals surface area contributed by atoms with Crippen LogP contribution in [0.25, 0.3) is 0 Å². The van der Waals surface area contributed by atoms with Gasteiger partial charge in [-0.05, 0) is 19.9 Å². The molecular weight excluding hydrogens is 209 g/mol. The van der Waals surface area contributed by atoms with Crippen molar-refractivity contribution < 1.29 is 4.74 Å². The van der Waals surface area contributed by atoms with Crippen LogP contribution in [0.15, 0.2) is 17.1 Å². The molecule has 2 nitrogen and oxygen atoms in total. The third-order valence-corrected chi connectivity index (χ3v) is 2.72. The number of ether oxygens (including phenoxy) is 1. The fraction of sp³-hybridized carbons (Fsp3) is 0.667. The molecule has 0 aliphatic carbocycles. The van der Waals surface area contributed by atoms with Crippen LogP contribution in [-0.2, 0) is 4.74 Å². The number of allylic oxidation sites excluding steroid dienone is 1. The zero-order valence-electron chi connectivity index (χ0n) is 7.71. The largest absolute Gasteiger partial charge is 0.352 e. The summed E-state index contributed by atoms with van der Waals surface area (Å²) in [5, 5.41) is 0. The van der Waals surface area contributed by atoms with Crippen molar-refractivity contribution in [3.8, 4) is 0 Å². The second-order valence-corrected chi connectivity index (χ2v) is 4.23. The van der Waals surface area contributed by atoms with Crippen molar-refractivity contribution >= 4 is 29.4 Å². The summed E-state index contributed by atoms with van der Waals surface area (Å²) in [7, 11) is 0. The van der Waals surface area contributed by atoms with Gasteiger partial charge < -0.3 is 4.74 Å². The summed E-state index contributed by atoms with van der Waals surface area (Å²) in [5.74, 6) is 0.291. The summed E-state index contributed by atoms with van der Waals surface area (Å²) >= 11 is 12.0. The zero-order chi connectivity index (χ0) is 9.90. The lowest BCUT2D eigenvalue weighted by Crippen LogP contribution is -2.40. The van der Waals surface area contributed by atoms with Gasteiger partial charge in [0.1, 0.15) is 4.87 Å². The number of alkyl halides is 2. The van der Waals surface area contributed by atoms with E-state index < -0.39 is 4.87 Å². The Morgan fingerprint density at radius 3 is 2.85 bits per heavy atom. The monoisotopic (exact) mass is 221 g/mol. The molecule has 0 N–H and O–H groups in total. The molecule has 1 heterocycles. The van der Waals surface area contributed by atoms with Gasteiger partial charge in [0.05, 0.1) is 6.10 Å². The molecule has 1 aliphatic rings. The molecule has 0 aromatic rings. The van der Waals surface area contributed by atoms with Gasteiger partial charge in [-0.3, -0.25) is 4.99 Å². The first-order valence-electron chi connectivity index (χ1n) is 4.20. The smallest absolute Gasteiger partial charge is 0.172 e. The van der Waals surface area contributed by atoms with Crippen LogP contribution in [0.3, 0.4) is 0 Å². The lowest BCUT2D eigenvalue weighted by atomic mass is 10.1. The summed E-state index contributed by atoms with van der Waals surface area (Å²) < 4.78 is 5.53. The number of dihydropyridines is 1. The van der Waals surface area contributed by atoms with Gasteiger partial charge in [-0.1, -0.05) is 6.08 Å². The van der Waals surface area contributed by atoms with E-state index in [1.54, 1.807) is 12.3 Å². The van der Waals surface area contributed by atoms with E-state index in [9.17, 15) is 0 Å². The first-order chi connectivity index (χ1) is 6.08. The molecule has 0 radical (unpaired) electrons. The highest BCUT2D eigenvalue weighted by atomic mass is 35.5. The Labute approximate surface area is 88.6 Å². The molecule has 0 bridgehead atoms. The lowest BCUT2D eigenvalue weighted by Gasteiger charge is -2.31. The first-order valence-corrected chi connectivity index (χ1v) is 5.11. The average molecular weight is 222 g/mol. The molecule has 0 saturated carbocycles. The Bertz CT molecular complexity index is 228. The molecule has 13 heavy (non-hydrogen) atoms. The molecule has 0 fully saturated rings. The van der Waals surface area contributed by atoms with E-state index in [0.29, 0.717) is 5.88 Å². The summed E-state index contributed by atoms with van der Waals surface area (Å²) in [6.07, 6.45) is 5.00. The average Bonchev–Trinajstić information content (AvgIpc) is 2.09. The van der Waals surface area contributed by atoms with E-state index in [0.717, 1.165) is 0 Å². The lowest BCUT2D eigenvalue weighted by molar-refractivity contribution is 0.00114. The van der Waals surface area contributed by atoms with Gasteiger partial charge in [-0.15, -0.1) is 23.2 Å². The third kappa shape index (κ3) is 2.70. The minimum Gasteiger partial charge on any atom is -0.352 e. The summed E-state index contributed by atoms with van der Waals surface area (Å²) in [6, 6.07) is 0. The van der Waals surface area contributed by atoms with Crippen LogP contribution in [0, 0.1) is 0 Å². The number of hydrogen-bond acceptors (Lipinski definition) is 2. The van der Waals surface area contributed by atoms with E-state index in [4.69, 9.17) is 27.9 Å². The van der Waals surface area contributed by atoms with Crippen LogP contribution in [0.4, 0.5) is 0 Å². The van der Waals surface area contributed by atoms with Crippen molar-refractivity contribution in [3.63, 3.8) is 0 Å². The van der Waals surface area contributed by atoms with Crippen LogP contribution in [0.5, 0.6) is 0 Å². The summed E-state index contributed by atoms with van der Waals surface area (Å²) in [4.78, 5) is 3.45. The number of aliphatic imine (C=N–C) groups is 1. The van der Waals surface area contributed by atoms with Crippen LogP contribution < -0.4 is 0 Å². The van der Waals surface area contributed by atoms with Crippen LogP contribution >= 0.6 is 23.2 Å². The standard InChI is InChI=1S/C9H13Cl2NO/c1-7(2)13-8-9(11,6-10)4-3-5-12-8/h3-5,7-8H,6H2,1-2H3. The maximum absolute atomic E-state index is 6.21. The van der Waals surface area contributed by atoms with Crippen molar-refractivity contribution in [1.29, 1.82) is 0 Å². The molecular formula is C9H13Cl2NO. The fourth-order valence-corrected chi connectivity index (χ4v) is 1.46. The molecule has 0 aromatic carbocycles. The molecule has 1 rings (SSSR count). The Balaban J connectivity index is 2.71. The topological polar surface area (TPSA) is 21.6 Å². The first kappa shape index (κ1) is 11.0. The fourth-order valence-electron chi connectivity index (χ4n) is 1.05.